The normalized spacial score (nSPS) is 13.5. The van der Waals surface area contributed by atoms with Crippen molar-refractivity contribution in [2.75, 3.05) is 6.61 Å². The Balaban J connectivity index is 1.96. The van der Waals surface area contributed by atoms with E-state index in [-0.39, 0.29) is 0 Å². The van der Waals surface area contributed by atoms with Crippen molar-refractivity contribution in [2.24, 2.45) is 0 Å². The van der Waals surface area contributed by atoms with Crippen LogP contribution in [0.2, 0.25) is 0 Å². The first-order chi connectivity index (χ1) is 10.9. The van der Waals surface area contributed by atoms with Crippen LogP contribution in [0.3, 0.4) is 0 Å². The Labute approximate surface area is 128 Å². The highest BCUT2D eigenvalue weighted by Crippen LogP contribution is 2.41. The Morgan fingerprint density at radius 2 is 1.64 bits per heavy atom. The molecule has 0 saturated carbocycles. The summed E-state index contributed by atoms with van der Waals surface area (Å²) >= 11 is 0. The summed E-state index contributed by atoms with van der Waals surface area (Å²) in [5, 5.41) is 3.80. The van der Waals surface area contributed by atoms with Gasteiger partial charge in [-0.2, -0.15) is 0 Å². The summed E-state index contributed by atoms with van der Waals surface area (Å²) in [4.78, 5) is 0. The van der Waals surface area contributed by atoms with Crippen molar-refractivity contribution in [1.82, 2.24) is 4.57 Å². The first-order valence-corrected chi connectivity index (χ1v) is 7.65. The van der Waals surface area contributed by atoms with Crippen LogP contribution in [0.5, 0.6) is 5.75 Å². The van der Waals surface area contributed by atoms with E-state index in [4.69, 9.17) is 4.74 Å². The fourth-order valence-electron chi connectivity index (χ4n) is 3.54. The molecule has 5 rings (SSSR count). The van der Waals surface area contributed by atoms with Gasteiger partial charge in [0.05, 0.1) is 12.2 Å². The highest BCUT2D eigenvalue weighted by molar-refractivity contribution is 6.02. The number of para-hydroxylation sites is 1. The lowest BCUT2D eigenvalue weighted by Crippen LogP contribution is -2.05. The van der Waals surface area contributed by atoms with E-state index < -0.39 is 0 Å². The number of benzene rings is 3. The molecule has 1 aliphatic rings. The van der Waals surface area contributed by atoms with Gasteiger partial charge in [0.25, 0.3) is 0 Å². The fraction of sp³-hybridized carbons (Fsp3) is 0.100. The van der Waals surface area contributed by atoms with Gasteiger partial charge in [0.1, 0.15) is 12.4 Å². The predicted molar refractivity (Wildman–Crippen MR) is 90.4 cm³/mol. The SMILES string of the molecule is c1ccc2c3c(ccc2c1)OCCn1c-3cc2ccccc21. The predicted octanol–water partition coefficient (Wildman–Crippen LogP) is 4.85. The Morgan fingerprint density at radius 1 is 0.818 bits per heavy atom. The molecule has 0 N–H and O–H groups in total. The molecular weight excluding hydrogens is 270 g/mol. The molecule has 3 aromatic carbocycles. The minimum absolute atomic E-state index is 0.705. The molecule has 106 valence electrons. The second-order valence-electron chi connectivity index (χ2n) is 5.75. The van der Waals surface area contributed by atoms with Gasteiger partial charge in [-0.3, -0.25) is 0 Å². The summed E-state index contributed by atoms with van der Waals surface area (Å²) < 4.78 is 8.41. The third-order valence-corrected chi connectivity index (χ3v) is 4.53. The van der Waals surface area contributed by atoms with Gasteiger partial charge in [-0.25, -0.2) is 0 Å². The number of hydrogen-bond acceptors (Lipinski definition) is 1. The van der Waals surface area contributed by atoms with Gasteiger partial charge in [0, 0.05) is 16.5 Å². The summed E-state index contributed by atoms with van der Waals surface area (Å²) in [6.45, 7) is 1.59. The second-order valence-corrected chi connectivity index (χ2v) is 5.75. The zero-order valence-electron chi connectivity index (χ0n) is 12.1. The fourth-order valence-corrected chi connectivity index (χ4v) is 3.54. The molecule has 2 nitrogen and oxygen atoms in total. The van der Waals surface area contributed by atoms with E-state index in [0.29, 0.717) is 6.61 Å². The van der Waals surface area contributed by atoms with Gasteiger partial charge >= 0.3 is 0 Å². The lowest BCUT2D eigenvalue weighted by Gasteiger charge is -2.10. The molecule has 1 aromatic heterocycles. The average molecular weight is 285 g/mol. The number of nitrogens with zero attached hydrogens (tertiary/aromatic N) is 1. The molecule has 2 heteroatoms. The standard InChI is InChI=1S/C20H15NO/c1-3-7-16-14(5-1)9-10-19-20(16)18-13-15-6-2-4-8-17(15)21(18)11-12-22-19/h1-10,13H,11-12H2. The molecule has 0 atom stereocenters. The number of ether oxygens (including phenoxy) is 1. The van der Waals surface area contributed by atoms with E-state index in [2.05, 4.69) is 71.3 Å². The average Bonchev–Trinajstić information content (AvgIpc) is 2.82. The van der Waals surface area contributed by atoms with Crippen LogP contribution in [0.4, 0.5) is 0 Å². The maximum atomic E-state index is 6.03. The second kappa shape index (κ2) is 4.38. The van der Waals surface area contributed by atoms with Crippen molar-refractivity contribution in [3.05, 3.63) is 66.7 Å². The van der Waals surface area contributed by atoms with Crippen LogP contribution in [-0.4, -0.2) is 11.2 Å². The van der Waals surface area contributed by atoms with Crippen LogP contribution in [0.15, 0.2) is 66.7 Å². The monoisotopic (exact) mass is 285 g/mol. The molecule has 4 aromatic rings. The molecule has 0 unspecified atom stereocenters. The number of fused-ring (bicyclic) bond motifs is 7. The van der Waals surface area contributed by atoms with Crippen LogP contribution in [0.25, 0.3) is 32.9 Å². The van der Waals surface area contributed by atoms with Crippen molar-refractivity contribution in [1.29, 1.82) is 0 Å². The molecule has 0 fully saturated rings. The smallest absolute Gasteiger partial charge is 0.129 e. The molecule has 0 aliphatic carbocycles. The molecule has 2 heterocycles. The minimum atomic E-state index is 0.705. The van der Waals surface area contributed by atoms with Crippen molar-refractivity contribution in [3.8, 4) is 17.0 Å². The third kappa shape index (κ3) is 1.55. The zero-order valence-corrected chi connectivity index (χ0v) is 12.1. The van der Waals surface area contributed by atoms with Crippen LogP contribution in [0.1, 0.15) is 0 Å². The number of rotatable bonds is 0. The van der Waals surface area contributed by atoms with Gasteiger partial charge in [0.15, 0.2) is 0 Å². The number of aromatic nitrogens is 1. The Kier molecular flexibility index (Phi) is 2.36. The van der Waals surface area contributed by atoms with Crippen LogP contribution in [-0.2, 0) is 6.54 Å². The van der Waals surface area contributed by atoms with Crippen LogP contribution >= 0.6 is 0 Å². The molecular formula is C20H15NO. The lowest BCUT2D eigenvalue weighted by atomic mass is 10.0. The third-order valence-electron chi connectivity index (χ3n) is 4.53. The van der Waals surface area contributed by atoms with Gasteiger partial charge in [-0.1, -0.05) is 48.5 Å². The summed E-state index contributed by atoms with van der Waals surface area (Å²) in [5.74, 6) is 0.986. The molecule has 0 radical (unpaired) electrons. The zero-order chi connectivity index (χ0) is 14.5. The highest BCUT2D eigenvalue weighted by Gasteiger charge is 2.20. The maximum absolute atomic E-state index is 6.03. The Morgan fingerprint density at radius 3 is 2.59 bits per heavy atom. The summed E-state index contributed by atoms with van der Waals surface area (Å²) in [6.07, 6.45) is 0. The van der Waals surface area contributed by atoms with E-state index in [0.717, 1.165) is 12.3 Å². The molecule has 1 aliphatic heterocycles. The Hall–Kier alpha value is -2.74. The first kappa shape index (κ1) is 11.9. The topological polar surface area (TPSA) is 14.2 Å². The van der Waals surface area contributed by atoms with Crippen molar-refractivity contribution >= 4 is 21.7 Å². The molecule has 0 spiro atoms. The molecule has 22 heavy (non-hydrogen) atoms. The van der Waals surface area contributed by atoms with Crippen molar-refractivity contribution in [3.63, 3.8) is 0 Å². The van der Waals surface area contributed by atoms with Gasteiger partial charge in [0.2, 0.25) is 0 Å². The van der Waals surface area contributed by atoms with Crippen molar-refractivity contribution < 1.29 is 4.74 Å². The maximum Gasteiger partial charge on any atom is 0.129 e. The largest absolute Gasteiger partial charge is 0.491 e. The number of hydrogen-bond donors (Lipinski definition) is 0. The van der Waals surface area contributed by atoms with E-state index in [1.807, 2.05) is 0 Å². The molecule has 0 saturated heterocycles. The molecule has 0 amide bonds. The van der Waals surface area contributed by atoms with Gasteiger partial charge < -0.3 is 9.30 Å². The summed E-state index contributed by atoms with van der Waals surface area (Å²) in [7, 11) is 0. The summed E-state index contributed by atoms with van der Waals surface area (Å²) in [6, 6.07) is 23.6. The Bertz CT molecular complexity index is 1010. The minimum Gasteiger partial charge on any atom is -0.491 e. The van der Waals surface area contributed by atoms with E-state index >= 15 is 0 Å². The summed E-state index contributed by atoms with van der Waals surface area (Å²) in [5.41, 5.74) is 3.75. The lowest BCUT2D eigenvalue weighted by molar-refractivity contribution is 0.308. The van der Waals surface area contributed by atoms with E-state index in [9.17, 15) is 0 Å². The first-order valence-electron chi connectivity index (χ1n) is 7.65. The quantitative estimate of drug-likeness (QED) is 0.450. The van der Waals surface area contributed by atoms with Gasteiger partial charge in [-0.15, -0.1) is 0 Å². The van der Waals surface area contributed by atoms with Crippen LogP contribution < -0.4 is 4.74 Å². The van der Waals surface area contributed by atoms with Crippen molar-refractivity contribution in [2.45, 2.75) is 6.54 Å². The van der Waals surface area contributed by atoms with E-state index in [1.54, 1.807) is 0 Å². The van der Waals surface area contributed by atoms with E-state index in [1.165, 1.54) is 32.9 Å². The van der Waals surface area contributed by atoms with Crippen LogP contribution in [0, 0.1) is 0 Å². The van der Waals surface area contributed by atoms with Gasteiger partial charge in [-0.05, 0) is 29.0 Å². The highest BCUT2D eigenvalue weighted by atomic mass is 16.5. The molecule has 0 bridgehead atoms.